The SMILES string of the molecule is CCNC1CCC(CCO)CC1. The molecular formula is C10H21NO. The second-order valence-corrected chi connectivity index (χ2v) is 3.79. The zero-order chi connectivity index (χ0) is 8.81. The molecule has 0 spiro atoms. The predicted molar refractivity (Wildman–Crippen MR) is 51.1 cm³/mol. The highest BCUT2D eigenvalue weighted by atomic mass is 16.3. The molecular weight excluding hydrogens is 150 g/mol. The maximum atomic E-state index is 8.77. The quantitative estimate of drug-likeness (QED) is 0.672. The van der Waals surface area contributed by atoms with Crippen LogP contribution in [0.15, 0.2) is 0 Å². The minimum absolute atomic E-state index is 0.372. The smallest absolute Gasteiger partial charge is 0.0433 e. The van der Waals surface area contributed by atoms with Gasteiger partial charge in [0.25, 0.3) is 0 Å². The van der Waals surface area contributed by atoms with E-state index in [0.717, 1.165) is 24.9 Å². The van der Waals surface area contributed by atoms with Crippen LogP contribution in [0.5, 0.6) is 0 Å². The highest BCUT2D eigenvalue weighted by Gasteiger charge is 2.19. The largest absolute Gasteiger partial charge is 0.396 e. The first kappa shape index (κ1) is 10.0. The van der Waals surface area contributed by atoms with Crippen molar-refractivity contribution in [3.8, 4) is 0 Å². The second-order valence-electron chi connectivity index (χ2n) is 3.79. The minimum atomic E-state index is 0.372. The lowest BCUT2D eigenvalue weighted by atomic mass is 9.84. The van der Waals surface area contributed by atoms with Gasteiger partial charge in [0.1, 0.15) is 0 Å². The van der Waals surface area contributed by atoms with Gasteiger partial charge in [-0.2, -0.15) is 0 Å². The van der Waals surface area contributed by atoms with E-state index in [1.54, 1.807) is 0 Å². The molecule has 2 N–H and O–H groups in total. The highest BCUT2D eigenvalue weighted by Crippen LogP contribution is 2.26. The third-order valence-electron chi connectivity index (χ3n) is 2.88. The Balaban J connectivity index is 2.11. The first-order valence-electron chi connectivity index (χ1n) is 5.21. The van der Waals surface area contributed by atoms with Crippen LogP contribution in [0.3, 0.4) is 0 Å². The van der Waals surface area contributed by atoms with Gasteiger partial charge in [-0.1, -0.05) is 6.92 Å². The second kappa shape index (κ2) is 5.55. The molecule has 0 aromatic heterocycles. The Morgan fingerprint density at radius 2 is 1.92 bits per heavy atom. The zero-order valence-electron chi connectivity index (χ0n) is 8.05. The molecule has 1 saturated carbocycles. The van der Waals surface area contributed by atoms with Crippen molar-refractivity contribution in [1.82, 2.24) is 5.32 Å². The maximum Gasteiger partial charge on any atom is 0.0433 e. The fraction of sp³-hybridized carbons (Fsp3) is 1.00. The normalized spacial score (nSPS) is 30.5. The molecule has 0 aromatic rings. The van der Waals surface area contributed by atoms with E-state index in [0.29, 0.717) is 6.61 Å². The minimum Gasteiger partial charge on any atom is -0.396 e. The summed E-state index contributed by atoms with van der Waals surface area (Å²) in [6.07, 6.45) is 6.23. The van der Waals surface area contributed by atoms with E-state index >= 15 is 0 Å². The Morgan fingerprint density at radius 1 is 1.25 bits per heavy atom. The van der Waals surface area contributed by atoms with Gasteiger partial charge in [0.05, 0.1) is 0 Å². The number of aliphatic hydroxyl groups excluding tert-OH is 1. The molecule has 0 unspecified atom stereocenters. The van der Waals surface area contributed by atoms with Crippen LogP contribution in [0.25, 0.3) is 0 Å². The van der Waals surface area contributed by atoms with Gasteiger partial charge in [0.2, 0.25) is 0 Å². The van der Waals surface area contributed by atoms with Gasteiger partial charge in [-0.25, -0.2) is 0 Å². The van der Waals surface area contributed by atoms with E-state index in [2.05, 4.69) is 12.2 Å². The molecule has 2 heteroatoms. The molecule has 0 atom stereocenters. The van der Waals surface area contributed by atoms with Gasteiger partial charge < -0.3 is 10.4 Å². The van der Waals surface area contributed by atoms with E-state index < -0.39 is 0 Å². The fourth-order valence-corrected chi connectivity index (χ4v) is 2.13. The summed E-state index contributed by atoms with van der Waals surface area (Å²) in [6, 6.07) is 0.755. The van der Waals surface area contributed by atoms with Crippen molar-refractivity contribution in [2.24, 2.45) is 5.92 Å². The Hall–Kier alpha value is -0.0800. The lowest BCUT2D eigenvalue weighted by Gasteiger charge is -2.28. The monoisotopic (exact) mass is 171 g/mol. The molecule has 12 heavy (non-hydrogen) atoms. The lowest BCUT2D eigenvalue weighted by Crippen LogP contribution is -2.33. The van der Waals surface area contributed by atoms with Crippen molar-refractivity contribution in [1.29, 1.82) is 0 Å². The van der Waals surface area contributed by atoms with E-state index in [1.807, 2.05) is 0 Å². The van der Waals surface area contributed by atoms with Crippen LogP contribution in [0, 0.1) is 5.92 Å². The molecule has 0 heterocycles. The number of nitrogens with one attached hydrogen (secondary N) is 1. The van der Waals surface area contributed by atoms with Crippen molar-refractivity contribution < 1.29 is 5.11 Å². The first-order valence-corrected chi connectivity index (χ1v) is 5.21. The van der Waals surface area contributed by atoms with Crippen molar-refractivity contribution in [3.05, 3.63) is 0 Å². The molecule has 0 saturated heterocycles. The Bertz CT molecular complexity index is 94.4. The van der Waals surface area contributed by atoms with Gasteiger partial charge in [-0.15, -0.1) is 0 Å². The van der Waals surface area contributed by atoms with Crippen LogP contribution in [0.4, 0.5) is 0 Å². The van der Waals surface area contributed by atoms with E-state index in [1.165, 1.54) is 25.7 Å². The summed E-state index contributed by atoms with van der Waals surface area (Å²) >= 11 is 0. The Morgan fingerprint density at radius 3 is 2.42 bits per heavy atom. The number of aliphatic hydroxyl groups is 1. The lowest BCUT2D eigenvalue weighted by molar-refractivity contribution is 0.215. The Kier molecular flexibility index (Phi) is 4.62. The van der Waals surface area contributed by atoms with E-state index in [9.17, 15) is 0 Å². The van der Waals surface area contributed by atoms with Crippen molar-refractivity contribution in [2.45, 2.75) is 45.1 Å². The topological polar surface area (TPSA) is 32.3 Å². The average Bonchev–Trinajstić information content (AvgIpc) is 2.09. The van der Waals surface area contributed by atoms with Gasteiger partial charge in [-0.3, -0.25) is 0 Å². The van der Waals surface area contributed by atoms with Crippen LogP contribution in [-0.2, 0) is 0 Å². The molecule has 1 rings (SSSR count). The van der Waals surface area contributed by atoms with Crippen LogP contribution in [-0.4, -0.2) is 24.3 Å². The summed E-state index contributed by atoms with van der Waals surface area (Å²) in [5, 5.41) is 12.3. The predicted octanol–water partition coefficient (Wildman–Crippen LogP) is 1.54. The maximum absolute atomic E-state index is 8.77. The van der Waals surface area contributed by atoms with Gasteiger partial charge in [0, 0.05) is 12.6 Å². The summed E-state index contributed by atoms with van der Waals surface area (Å²) < 4.78 is 0. The number of hydrogen-bond acceptors (Lipinski definition) is 2. The Labute approximate surface area is 75.4 Å². The summed E-state index contributed by atoms with van der Waals surface area (Å²) in [7, 11) is 0. The van der Waals surface area contributed by atoms with Crippen molar-refractivity contribution >= 4 is 0 Å². The molecule has 72 valence electrons. The van der Waals surface area contributed by atoms with Crippen molar-refractivity contribution in [2.75, 3.05) is 13.2 Å². The fourth-order valence-electron chi connectivity index (χ4n) is 2.13. The molecule has 1 aliphatic carbocycles. The molecule has 1 fully saturated rings. The standard InChI is InChI=1S/C10H21NO/c1-2-11-10-5-3-9(4-6-10)7-8-12/h9-12H,2-8H2,1H3. The molecule has 0 amide bonds. The van der Waals surface area contributed by atoms with Gasteiger partial charge >= 0.3 is 0 Å². The van der Waals surface area contributed by atoms with Gasteiger partial charge in [0.15, 0.2) is 0 Å². The number of hydrogen-bond donors (Lipinski definition) is 2. The van der Waals surface area contributed by atoms with E-state index in [-0.39, 0.29) is 0 Å². The summed E-state index contributed by atoms with van der Waals surface area (Å²) in [5.74, 6) is 0.796. The van der Waals surface area contributed by atoms with E-state index in [4.69, 9.17) is 5.11 Å². The molecule has 0 aromatic carbocycles. The molecule has 0 radical (unpaired) electrons. The summed E-state index contributed by atoms with van der Waals surface area (Å²) in [5.41, 5.74) is 0. The third-order valence-corrected chi connectivity index (χ3v) is 2.88. The molecule has 0 aliphatic heterocycles. The number of rotatable bonds is 4. The molecule has 0 bridgehead atoms. The summed E-state index contributed by atoms with van der Waals surface area (Å²) in [4.78, 5) is 0. The average molecular weight is 171 g/mol. The zero-order valence-corrected chi connectivity index (χ0v) is 8.05. The first-order chi connectivity index (χ1) is 5.86. The van der Waals surface area contributed by atoms with Crippen LogP contribution in [0.2, 0.25) is 0 Å². The highest BCUT2D eigenvalue weighted by molar-refractivity contribution is 4.76. The molecule has 2 nitrogen and oxygen atoms in total. The third kappa shape index (κ3) is 3.11. The van der Waals surface area contributed by atoms with Gasteiger partial charge in [-0.05, 0) is 44.6 Å². The summed E-state index contributed by atoms with van der Waals surface area (Å²) in [6.45, 7) is 3.63. The van der Waals surface area contributed by atoms with Crippen LogP contribution >= 0.6 is 0 Å². The van der Waals surface area contributed by atoms with Crippen LogP contribution in [0.1, 0.15) is 39.0 Å². The van der Waals surface area contributed by atoms with Crippen molar-refractivity contribution in [3.63, 3.8) is 0 Å². The van der Waals surface area contributed by atoms with Crippen LogP contribution < -0.4 is 5.32 Å². The molecule has 1 aliphatic rings.